The first kappa shape index (κ1) is 20.8. The third kappa shape index (κ3) is 4.20. The van der Waals surface area contributed by atoms with E-state index < -0.39 is 11.9 Å². The van der Waals surface area contributed by atoms with Gasteiger partial charge in [-0.15, -0.1) is 0 Å². The average molecular weight is 440 g/mol. The second kappa shape index (κ2) is 8.47. The summed E-state index contributed by atoms with van der Waals surface area (Å²) in [4.78, 5) is 12.1. The van der Waals surface area contributed by atoms with Crippen LogP contribution in [0, 0.1) is 13.8 Å². The SMILES string of the molecule is Cc1ccc(-n2nc(CC(C(=O)O)c3cccc(C)c3)cc2-c2ccc3c(c2)OCO3)cc1. The molecular formula is C27H24N2O4. The molecule has 166 valence electrons. The number of hydrogen-bond acceptors (Lipinski definition) is 4. The lowest BCUT2D eigenvalue weighted by atomic mass is 9.93. The maximum Gasteiger partial charge on any atom is 0.311 e. The minimum atomic E-state index is -0.866. The van der Waals surface area contributed by atoms with Gasteiger partial charge in [-0.1, -0.05) is 47.5 Å². The fourth-order valence-electron chi connectivity index (χ4n) is 4.12. The molecule has 1 aromatic heterocycles. The van der Waals surface area contributed by atoms with E-state index in [4.69, 9.17) is 14.6 Å². The van der Waals surface area contributed by atoms with Crippen molar-refractivity contribution in [1.82, 2.24) is 9.78 Å². The number of benzene rings is 3. The lowest BCUT2D eigenvalue weighted by molar-refractivity contribution is -0.138. The summed E-state index contributed by atoms with van der Waals surface area (Å²) in [7, 11) is 0. The normalized spacial score (nSPS) is 13.2. The zero-order chi connectivity index (χ0) is 22.9. The molecule has 1 aliphatic rings. The highest BCUT2D eigenvalue weighted by Gasteiger charge is 2.24. The summed E-state index contributed by atoms with van der Waals surface area (Å²) < 4.78 is 12.9. The monoisotopic (exact) mass is 440 g/mol. The minimum absolute atomic E-state index is 0.206. The van der Waals surface area contributed by atoms with Crippen LogP contribution in [-0.4, -0.2) is 27.6 Å². The molecule has 0 aliphatic carbocycles. The third-order valence-corrected chi connectivity index (χ3v) is 5.86. The number of fused-ring (bicyclic) bond motifs is 1. The lowest BCUT2D eigenvalue weighted by Crippen LogP contribution is -2.15. The molecule has 1 atom stereocenters. The zero-order valence-electron chi connectivity index (χ0n) is 18.5. The number of aryl methyl sites for hydroxylation is 2. The molecule has 6 nitrogen and oxygen atoms in total. The first-order valence-electron chi connectivity index (χ1n) is 10.8. The molecule has 1 unspecified atom stereocenters. The molecular weight excluding hydrogens is 416 g/mol. The van der Waals surface area contributed by atoms with Crippen molar-refractivity contribution in [3.05, 3.63) is 95.2 Å². The van der Waals surface area contributed by atoms with Gasteiger partial charge in [0.05, 0.1) is 23.0 Å². The van der Waals surface area contributed by atoms with Crippen molar-refractivity contribution in [2.24, 2.45) is 0 Å². The molecule has 0 saturated heterocycles. The molecule has 6 heteroatoms. The van der Waals surface area contributed by atoms with Crippen LogP contribution in [0.2, 0.25) is 0 Å². The predicted molar refractivity (Wildman–Crippen MR) is 125 cm³/mol. The molecule has 1 aliphatic heterocycles. The molecule has 1 N–H and O–H groups in total. The second-order valence-corrected chi connectivity index (χ2v) is 8.35. The van der Waals surface area contributed by atoms with Gasteiger partial charge in [-0.3, -0.25) is 4.79 Å². The van der Waals surface area contributed by atoms with Gasteiger partial charge in [0.15, 0.2) is 11.5 Å². The predicted octanol–water partition coefficient (Wildman–Crippen LogP) is 5.30. The molecule has 0 saturated carbocycles. The number of hydrogen-bond donors (Lipinski definition) is 1. The molecule has 3 aromatic carbocycles. The highest BCUT2D eigenvalue weighted by Crippen LogP contribution is 2.37. The number of carboxylic acid groups (broad SMARTS) is 1. The number of carboxylic acids is 1. The van der Waals surface area contributed by atoms with E-state index in [1.54, 1.807) is 0 Å². The van der Waals surface area contributed by atoms with Crippen molar-refractivity contribution in [1.29, 1.82) is 0 Å². The fourth-order valence-corrected chi connectivity index (χ4v) is 4.12. The molecule has 5 rings (SSSR count). The van der Waals surface area contributed by atoms with Gasteiger partial charge in [-0.05, 0) is 55.8 Å². The maximum atomic E-state index is 12.1. The molecule has 0 radical (unpaired) electrons. The number of aliphatic carboxylic acids is 1. The van der Waals surface area contributed by atoms with Gasteiger partial charge in [0.2, 0.25) is 6.79 Å². The van der Waals surface area contributed by atoms with Crippen molar-refractivity contribution in [2.45, 2.75) is 26.2 Å². The van der Waals surface area contributed by atoms with E-state index in [1.165, 1.54) is 0 Å². The van der Waals surface area contributed by atoms with Crippen LogP contribution in [0.4, 0.5) is 0 Å². The van der Waals surface area contributed by atoms with Gasteiger partial charge >= 0.3 is 5.97 Å². The van der Waals surface area contributed by atoms with Crippen LogP contribution in [0.15, 0.2) is 72.8 Å². The van der Waals surface area contributed by atoms with Crippen molar-refractivity contribution in [3.63, 3.8) is 0 Å². The Kier molecular flexibility index (Phi) is 5.34. The number of rotatable bonds is 6. The van der Waals surface area contributed by atoms with Crippen LogP contribution >= 0.6 is 0 Å². The smallest absolute Gasteiger partial charge is 0.311 e. The van der Waals surface area contributed by atoms with Crippen LogP contribution in [0.1, 0.15) is 28.3 Å². The number of nitrogens with zero attached hydrogens (tertiary/aromatic N) is 2. The van der Waals surface area contributed by atoms with Crippen molar-refractivity contribution in [3.8, 4) is 28.4 Å². The largest absolute Gasteiger partial charge is 0.481 e. The summed E-state index contributed by atoms with van der Waals surface area (Å²) in [6, 6.07) is 23.5. The van der Waals surface area contributed by atoms with Gasteiger partial charge in [-0.25, -0.2) is 4.68 Å². The van der Waals surface area contributed by atoms with E-state index in [0.29, 0.717) is 17.2 Å². The number of aromatic nitrogens is 2. The quantitative estimate of drug-likeness (QED) is 0.441. The first-order valence-corrected chi connectivity index (χ1v) is 10.8. The van der Waals surface area contributed by atoms with Crippen molar-refractivity contribution < 1.29 is 19.4 Å². The Hall–Kier alpha value is -4.06. The van der Waals surface area contributed by atoms with Gasteiger partial charge in [0.1, 0.15) is 0 Å². The van der Waals surface area contributed by atoms with Gasteiger partial charge in [0, 0.05) is 12.0 Å². The van der Waals surface area contributed by atoms with Crippen LogP contribution in [0.3, 0.4) is 0 Å². The Morgan fingerprint density at radius 2 is 1.76 bits per heavy atom. The molecule has 2 heterocycles. The maximum absolute atomic E-state index is 12.1. The Labute approximate surface area is 192 Å². The third-order valence-electron chi connectivity index (χ3n) is 5.86. The summed E-state index contributed by atoms with van der Waals surface area (Å²) in [5, 5.41) is 14.8. The Morgan fingerprint density at radius 3 is 2.52 bits per heavy atom. The van der Waals surface area contributed by atoms with Crippen LogP contribution < -0.4 is 9.47 Å². The summed E-state index contributed by atoms with van der Waals surface area (Å²) in [6.07, 6.45) is 0.287. The van der Waals surface area contributed by atoms with Crippen molar-refractivity contribution >= 4 is 5.97 Å². The highest BCUT2D eigenvalue weighted by atomic mass is 16.7. The summed E-state index contributed by atoms with van der Waals surface area (Å²) in [5.41, 5.74) is 6.35. The first-order chi connectivity index (χ1) is 16.0. The van der Waals surface area contributed by atoms with E-state index in [1.807, 2.05) is 91.3 Å². The zero-order valence-corrected chi connectivity index (χ0v) is 18.5. The van der Waals surface area contributed by atoms with Crippen LogP contribution in [0.25, 0.3) is 16.9 Å². The molecule has 33 heavy (non-hydrogen) atoms. The highest BCUT2D eigenvalue weighted by molar-refractivity contribution is 5.77. The van der Waals surface area contributed by atoms with E-state index in [-0.39, 0.29) is 13.2 Å². The van der Waals surface area contributed by atoms with Gasteiger partial charge in [-0.2, -0.15) is 5.10 Å². The standard InChI is InChI=1S/C27H24N2O4/c1-17-6-9-22(10-7-17)29-24(20-8-11-25-26(13-20)33-16-32-25)15-21(28-29)14-23(27(30)31)19-5-3-4-18(2)12-19/h3-13,15,23H,14,16H2,1-2H3,(H,30,31). The number of carbonyl (C=O) groups is 1. The Balaban J connectivity index is 1.58. The number of ether oxygens (including phenoxy) is 2. The van der Waals surface area contributed by atoms with E-state index in [9.17, 15) is 9.90 Å². The molecule has 0 bridgehead atoms. The fraction of sp³-hybridized carbons (Fsp3) is 0.185. The van der Waals surface area contributed by atoms with E-state index in [2.05, 4.69) is 0 Å². The van der Waals surface area contributed by atoms with E-state index >= 15 is 0 Å². The summed E-state index contributed by atoms with van der Waals surface area (Å²) >= 11 is 0. The summed E-state index contributed by atoms with van der Waals surface area (Å²) in [5.74, 6) is -0.148. The Bertz CT molecular complexity index is 1320. The van der Waals surface area contributed by atoms with Gasteiger partial charge < -0.3 is 14.6 Å². The van der Waals surface area contributed by atoms with E-state index in [0.717, 1.165) is 33.6 Å². The Morgan fingerprint density at radius 1 is 0.970 bits per heavy atom. The van der Waals surface area contributed by atoms with Crippen LogP contribution in [-0.2, 0) is 11.2 Å². The second-order valence-electron chi connectivity index (χ2n) is 8.35. The minimum Gasteiger partial charge on any atom is -0.481 e. The van der Waals surface area contributed by atoms with Crippen molar-refractivity contribution in [2.75, 3.05) is 6.79 Å². The van der Waals surface area contributed by atoms with Crippen LogP contribution in [0.5, 0.6) is 11.5 Å². The van der Waals surface area contributed by atoms with Gasteiger partial charge in [0.25, 0.3) is 0 Å². The molecule has 0 fully saturated rings. The topological polar surface area (TPSA) is 73.6 Å². The summed E-state index contributed by atoms with van der Waals surface area (Å²) in [6.45, 7) is 4.21. The molecule has 0 amide bonds. The molecule has 4 aromatic rings. The lowest BCUT2D eigenvalue weighted by Gasteiger charge is -2.12. The average Bonchev–Trinajstić information content (AvgIpc) is 3.44. The molecule has 0 spiro atoms.